The lowest BCUT2D eigenvalue weighted by Crippen LogP contribution is -2.57. The molecule has 1 saturated heterocycles. The average Bonchev–Trinajstić information content (AvgIpc) is 3.09. The molecule has 2 rings (SSSR count). The first kappa shape index (κ1) is 19.7. The van der Waals surface area contributed by atoms with Crippen LogP contribution in [-0.2, 0) is 9.59 Å². The molecule has 6 nitrogen and oxygen atoms in total. The SMILES string of the molecule is CCC(CC(N)=O)N(C(=O)[CH]CC1CCCCC1)C1(C#N)CCNC1. The first-order valence-corrected chi connectivity index (χ1v) is 9.59. The fraction of sp³-hybridized carbons (Fsp3) is 0.789. The number of primary amides is 1. The van der Waals surface area contributed by atoms with E-state index in [2.05, 4.69) is 11.4 Å². The fourth-order valence-corrected chi connectivity index (χ4v) is 4.21. The molecule has 0 aromatic heterocycles. The highest BCUT2D eigenvalue weighted by atomic mass is 16.2. The van der Waals surface area contributed by atoms with Gasteiger partial charge in [-0.15, -0.1) is 0 Å². The number of carbonyl (C=O) groups excluding carboxylic acids is 2. The molecule has 0 bridgehead atoms. The fourth-order valence-electron chi connectivity index (χ4n) is 4.21. The van der Waals surface area contributed by atoms with E-state index < -0.39 is 11.4 Å². The molecule has 25 heavy (non-hydrogen) atoms. The molecule has 139 valence electrons. The van der Waals surface area contributed by atoms with E-state index in [1.165, 1.54) is 32.1 Å². The number of nitrogens with two attached hydrogens (primary N) is 1. The van der Waals surface area contributed by atoms with Crippen molar-refractivity contribution in [2.24, 2.45) is 11.7 Å². The van der Waals surface area contributed by atoms with Gasteiger partial charge in [-0.1, -0.05) is 39.0 Å². The maximum atomic E-state index is 13.1. The molecule has 2 atom stereocenters. The lowest BCUT2D eigenvalue weighted by molar-refractivity contribution is -0.136. The number of hydrogen-bond donors (Lipinski definition) is 2. The molecule has 2 fully saturated rings. The van der Waals surface area contributed by atoms with Crippen LogP contribution in [0.25, 0.3) is 0 Å². The van der Waals surface area contributed by atoms with Gasteiger partial charge in [0.25, 0.3) is 0 Å². The van der Waals surface area contributed by atoms with Crippen molar-refractivity contribution in [3.63, 3.8) is 0 Å². The molecule has 2 unspecified atom stereocenters. The van der Waals surface area contributed by atoms with E-state index in [0.29, 0.717) is 31.8 Å². The second-order valence-corrected chi connectivity index (χ2v) is 7.45. The van der Waals surface area contributed by atoms with Gasteiger partial charge in [0.1, 0.15) is 5.54 Å². The van der Waals surface area contributed by atoms with E-state index in [1.54, 1.807) is 11.3 Å². The van der Waals surface area contributed by atoms with Gasteiger partial charge in [-0.3, -0.25) is 9.59 Å². The van der Waals surface area contributed by atoms with Crippen molar-refractivity contribution in [1.82, 2.24) is 10.2 Å². The lowest BCUT2D eigenvalue weighted by Gasteiger charge is -2.41. The maximum Gasteiger partial charge on any atom is 0.228 e. The summed E-state index contributed by atoms with van der Waals surface area (Å²) in [7, 11) is 0. The summed E-state index contributed by atoms with van der Waals surface area (Å²) in [4.78, 5) is 26.2. The zero-order valence-electron chi connectivity index (χ0n) is 15.3. The summed E-state index contributed by atoms with van der Waals surface area (Å²) < 4.78 is 0. The number of hydrogen-bond acceptors (Lipinski definition) is 4. The van der Waals surface area contributed by atoms with Crippen molar-refractivity contribution < 1.29 is 9.59 Å². The van der Waals surface area contributed by atoms with Crippen LogP contribution in [0.2, 0.25) is 0 Å². The van der Waals surface area contributed by atoms with E-state index >= 15 is 0 Å². The molecule has 1 heterocycles. The van der Waals surface area contributed by atoms with Gasteiger partial charge in [0.2, 0.25) is 11.8 Å². The number of nitrogens with zero attached hydrogens (tertiary/aromatic N) is 2. The third-order valence-electron chi connectivity index (χ3n) is 5.66. The van der Waals surface area contributed by atoms with Crippen LogP contribution in [0.5, 0.6) is 0 Å². The van der Waals surface area contributed by atoms with Crippen LogP contribution >= 0.6 is 0 Å². The summed E-state index contributed by atoms with van der Waals surface area (Å²) >= 11 is 0. The Morgan fingerprint density at radius 1 is 1.40 bits per heavy atom. The van der Waals surface area contributed by atoms with E-state index in [-0.39, 0.29) is 18.4 Å². The summed E-state index contributed by atoms with van der Waals surface area (Å²) in [6.45, 7) is 3.08. The normalized spacial score (nSPS) is 25.3. The Labute approximate surface area is 151 Å². The average molecular weight is 347 g/mol. The van der Waals surface area contributed by atoms with Gasteiger partial charge in [-0.2, -0.15) is 5.26 Å². The third kappa shape index (κ3) is 4.94. The minimum atomic E-state index is -0.879. The molecule has 2 amide bonds. The van der Waals surface area contributed by atoms with Gasteiger partial charge < -0.3 is 16.0 Å². The monoisotopic (exact) mass is 347 g/mol. The Balaban J connectivity index is 2.13. The molecule has 0 spiro atoms. The molecule has 1 aliphatic heterocycles. The first-order valence-electron chi connectivity index (χ1n) is 9.59. The van der Waals surface area contributed by atoms with Gasteiger partial charge in [-0.05, 0) is 31.7 Å². The summed E-state index contributed by atoms with van der Waals surface area (Å²) in [5.41, 5.74) is 4.52. The lowest BCUT2D eigenvalue weighted by atomic mass is 9.85. The van der Waals surface area contributed by atoms with Crippen LogP contribution in [-0.4, -0.2) is 41.4 Å². The van der Waals surface area contributed by atoms with Gasteiger partial charge in [0.15, 0.2) is 0 Å². The number of nitriles is 1. The minimum Gasteiger partial charge on any atom is -0.370 e. The third-order valence-corrected chi connectivity index (χ3v) is 5.66. The molecule has 0 aromatic rings. The maximum absolute atomic E-state index is 13.1. The molecule has 1 aliphatic carbocycles. The van der Waals surface area contributed by atoms with Gasteiger partial charge >= 0.3 is 0 Å². The second-order valence-electron chi connectivity index (χ2n) is 7.45. The zero-order chi connectivity index (χ0) is 18.3. The van der Waals surface area contributed by atoms with Crippen LogP contribution in [0.3, 0.4) is 0 Å². The predicted molar refractivity (Wildman–Crippen MR) is 96.1 cm³/mol. The quantitative estimate of drug-likeness (QED) is 0.700. The molecule has 1 radical (unpaired) electrons. The van der Waals surface area contributed by atoms with E-state index in [1.807, 2.05) is 6.92 Å². The predicted octanol–water partition coefficient (Wildman–Crippen LogP) is 1.90. The van der Waals surface area contributed by atoms with Crippen LogP contribution in [0.15, 0.2) is 0 Å². The first-order chi connectivity index (χ1) is 12.0. The van der Waals surface area contributed by atoms with Gasteiger partial charge in [0, 0.05) is 19.0 Å². The molecule has 2 aliphatic rings. The number of rotatable bonds is 8. The highest BCUT2D eigenvalue weighted by Gasteiger charge is 2.45. The smallest absolute Gasteiger partial charge is 0.228 e. The summed E-state index contributed by atoms with van der Waals surface area (Å²) in [6, 6.07) is 2.03. The summed E-state index contributed by atoms with van der Waals surface area (Å²) in [5.74, 6) is 0.00963. The zero-order valence-corrected chi connectivity index (χ0v) is 15.3. The summed E-state index contributed by atoms with van der Waals surface area (Å²) in [6.07, 6.45) is 9.91. The molecule has 6 heteroatoms. The Morgan fingerprint density at radius 3 is 2.64 bits per heavy atom. The van der Waals surface area contributed by atoms with Crippen LogP contribution < -0.4 is 11.1 Å². The Bertz CT molecular complexity index is 502. The molecule has 1 saturated carbocycles. The molecule has 0 aromatic carbocycles. The topological polar surface area (TPSA) is 99.2 Å². The van der Waals surface area contributed by atoms with Crippen molar-refractivity contribution >= 4 is 11.8 Å². The van der Waals surface area contributed by atoms with Gasteiger partial charge in [-0.25, -0.2) is 0 Å². The standard InChI is InChI=1S/C19H31N4O2/c1-2-16(12-17(21)24)23(19(13-20)10-11-22-14-19)18(25)9-8-15-6-4-3-5-7-15/h9,15-16,22H,2-8,10-12,14H2,1H3,(H2,21,24). The van der Waals surface area contributed by atoms with Gasteiger partial charge in [0.05, 0.1) is 12.5 Å². The molecular formula is C19H31N4O2. The van der Waals surface area contributed by atoms with Crippen molar-refractivity contribution in [3.8, 4) is 6.07 Å². The van der Waals surface area contributed by atoms with Crippen molar-refractivity contribution in [2.45, 2.75) is 76.3 Å². The molecule has 3 N–H and O–H groups in total. The Hall–Kier alpha value is -1.61. The number of nitrogens with one attached hydrogen (secondary N) is 1. The van der Waals surface area contributed by atoms with E-state index in [9.17, 15) is 14.9 Å². The highest BCUT2D eigenvalue weighted by Crippen LogP contribution is 2.31. The number of amides is 2. The second kappa shape index (κ2) is 9.19. The number of carbonyl (C=O) groups is 2. The van der Waals surface area contributed by atoms with Crippen LogP contribution in [0.1, 0.15) is 64.7 Å². The van der Waals surface area contributed by atoms with Crippen LogP contribution in [0, 0.1) is 23.7 Å². The van der Waals surface area contributed by atoms with Crippen molar-refractivity contribution in [3.05, 3.63) is 6.42 Å². The Kier molecular flexibility index (Phi) is 7.24. The summed E-state index contributed by atoms with van der Waals surface area (Å²) in [5, 5.41) is 13.0. The highest BCUT2D eigenvalue weighted by molar-refractivity contribution is 5.87. The largest absolute Gasteiger partial charge is 0.370 e. The van der Waals surface area contributed by atoms with Crippen molar-refractivity contribution in [1.29, 1.82) is 5.26 Å². The minimum absolute atomic E-state index is 0.100. The van der Waals surface area contributed by atoms with E-state index in [4.69, 9.17) is 5.73 Å². The van der Waals surface area contributed by atoms with Crippen molar-refractivity contribution in [2.75, 3.05) is 13.1 Å². The Morgan fingerprint density at radius 2 is 2.12 bits per heavy atom. The van der Waals surface area contributed by atoms with Crippen LogP contribution in [0.4, 0.5) is 0 Å². The molecular weight excluding hydrogens is 316 g/mol. The van der Waals surface area contributed by atoms with E-state index in [0.717, 1.165) is 6.42 Å².